The van der Waals surface area contributed by atoms with Crippen LogP contribution in [0, 0.1) is 5.82 Å². The van der Waals surface area contributed by atoms with E-state index in [1.807, 2.05) is 5.43 Å². The molecule has 0 radical (unpaired) electrons. The minimum atomic E-state index is -0.964. The highest BCUT2D eigenvalue weighted by atomic mass is 35.5. The molecule has 3 rings (SSSR count). The van der Waals surface area contributed by atoms with Crippen LogP contribution in [-0.4, -0.2) is 23.8 Å². The number of carbonyl (C=O) groups excluding carboxylic acids is 3. The van der Waals surface area contributed by atoms with Crippen molar-refractivity contribution in [3.8, 4) is 0 Å². The molecule has 9 heteroatoms. The van der Waals surface area contributed by atoms with E-state index in [1.165, 1.54) is 18.2 Å². The standard InChI is InChI=1S/C14H11ClFN3O3S/c15-10-8-4-1-6(16)5-9(8)23-11(10)12(20)18-19-14(22)13(21)17-7-2-3-7/h1,4-5,7H,2-3H2,(H,17,21)(H,18,20)(H,19,22). The summed E-state index contributed by atoms with van der Waals surface area (Å²) in [6.07, 6.45) is 1.69. The van der Waals surface area contributed by atoms with Crippen LogP contribution in [0.1, 0.15) is 22.5 Å². The normalized spacial score (nSPS) is 13.7. The van der Waals surface area contributed by atoms with Crippen molar-refractivity contribution in [1.29, 1.82) is 0 Å². The third-order valence-corrected chi connectivity index (χ3v) is 4.86. The minimum absolute atomic E-state index is 0.0379. The van der Waals surface area contributed by atoms with Crippen molar-refractivity contribution >= 4 is 50.7 Å². The number of thiophene rings is 1. The fraction of sp³-hybridized carbons (Fsp3) is 0.214. The molecule has 1 aliphatic carbocycles. The zero-order valence-corrected chi connectivity index (χ0v) is 13.2. The van der Waals surface area contributed by atoms with E-state index in [0.29, 0.717) is 10.1 Å². The summed E-state index contributed by atoms with van der Waals surface area (Å²) in [5.74, 6) is -2.89. The largest absolute Gasteiger partial charge is 0.345 e. The first-order valence-electron chi connectivity index (χ1n) is 6.74. The van der Waals surface area contributed by atoms with Gasteiger partial charge in [-0.2, -0.15) is 0 Å². The second kappa shape index (κ2) is 6.13. The van der Waals surface area contributed by atoms with Crippen LogP contribution in [0.3, 0.4) is 0 Å². The van der Waals surface area contributed by atoms with Gasteiger partial charge in [0.05, 0.1) is 5.02 Å². The van der Waals surface area contributed by atoms with Gasteiger partial charge in [-0.1, -0.05) is 11.6 Å². The lowest BCUT2D eigenvalue weighted by Gasteiger charge is -2.06. The topological polar surface area (TPSA) is 87.3 Å². The van der Waals surface area contributed by atoms with E-state index in [4.69, 9.17) is 11.6 Å². The molecule has 1 fully saturated rings. The van der Waals surface area contributed by atoms with E-state index in [0.717, 1.165) is 24.2 Å². The molecule has 1 saturated carbocycles. The summed E-state index contributed by atoms with van der Waals surface area (Å²) in [6, 6.07) is 4.02. The molecule has 0 atom stereocenters. The lowest BCUT2D eigenvalue weighted by atomic mass is 10.2. The Balaban J connectivity index is 1.67. The van der Waals surface area contributed by atoms with E-state index >= 15 is 0 Å². The Hall–Kier alpha value is -2.19. The fourth-order valence-corrected chi connectivity index (χ4v) is 3.33. The van der Waals surface area contributed by atoms with Gasteiger partial charge in [-0.3, -0.25) is 25.2 Å². The highest BCUT2D eigenvalue weighted by molar-refractivity contribution is 7.21. The van der Waals surface area contributed by atoms with Crippen LogP contribution >= 0.6 is 22.9 Å². The molecule has 3 amide bonds. The van der Waals surface area contributed by atoms with Crippen molar-refractivity contribution in [3.05, 3.63) is 33.9 Å². The van der Waals surface area contributed by atoms with E-state index in [1.54, 1.807) is 0 Å². The number of carbonyl (C=O) groups is 3. The van der Waals surface area contributed by atoms with Crippen molar-refractivity contribution in [2.45, 2.75) is 18.9 Å². The fourth-order valence-electron chi connectivity index (χ4n) is 1.89. The summed E-state index contributed by atoms with van der Waals surface area (Å²) < 4.78 is 13.7. The predicted molar refractivity (Wildman–Crippen MR) is 83.6 cm³/mol. The molecule has 120 valence electrons. The molecule has 1 aromatic carbocycles. The average molecular weight is 356 g/mol. The van der Waals surface area contributed by atoms with E-state index in [2.05, 4.69) is 10.7 Å². The summed E-state index contributed by atoms with van der Waals surface area (Å²) in [7, 11) is 0. The van der Waals surface area contributed by atoms with Crippen LogP contribution in [-0.2, 0) is 9.59 Å². The molecular formula is C14H11ClFN3O3S. The monoisotopic (exact) mass is 355 g/mol. The van der Waals surface area contributed by atoms with Gasteiger partial charge in [0.2, 0.25) is 0 Å². The molecule has 1 aromatic heterocycles. The smallest absolute Gasteiger partial charge is 0.327 e. The van der Waals surface area contributed by atoms with Crippen LogP contribution in [0.25, 0.3) is 10.1 Å². The Morgan fingerprint density at radius 1 is 1.17 bits per heavy atom. The van der Waals surface area contributed by atoms with Crippen LogP contribution in [0.5, 0.6) is 0 Å². The molecular weight excluding hydrogens is 345 g/mol. The summed E-state index contributed by atoms with van der Waals surface area (Å²) in [5, 5.41) is 3.20. The Labute approximate surface area is 139 Å². The Kier molecular flexibility index (Phi) is 4.18. The highest BCUT2D eigenvalue weighted by Crippen LogP contribution is 2.35. The predicted octanol–water partition coefficient (Wildman–Crippen LogP) is 1.73. The lowest BCUT2D eigenvalue weighted by Crippen LogP contribution is -2.48. The number of fused-ring (bicyclic) bond motifs is 1. The van der Waals surface area contributed by atoms with Crippen molar-refractivity contribution in [3.63, 3.8) is 0 Å². The zero-order chi connectivity index (χ0) is 16.6. The van der Waals surface area contributed by atoms with Crippen molar-refractivity contribution in [2.75, 3.05) is 0 Å². The van der Waals surface area contributed by atoms with Gasteiger partial charge < -0.3 is 5.32 Å². The maximum absolute atomic E-state index is 13.2. The van der Waals surface area contributed by atoms with Crippen LogP contribution in [0.15, 0.2) is 18.2 Å². The Morgan fingerprint density at radius 2 is 1.91 bits per heavy atom. The molecule has 1 aliphatic rings. The molecule has 0 spiro atoms. The molecule has 2 aromatic rings. The van der Waals surface area contributed by atoms with E-state index < -0.39 is 23.5 Å². The van der Waals surface area contributed by atoms with Gasteiger partial charge >= 0.3 is 11.8 Å². The summed E-state index contributed by atoms with van der Waals surface area (Å²) >= 11 is 7.09. The van der Waals surface area contributed by atoms with Gasteiger partial charge in [-0.05, 0) is 31.0 Å². The molecule has 1 heterocycles. The summed E-state index contributed by atoms with van der Waals surface area (Å²) in [5.41, 5.74) is 4.14. The SMILES string of the molecule is O=C(NNC(=O)c1sc2cc(F)ccc2c1Cl)C(=O)NC1CC1. The minimum Gasteiger partial charge on any atom is -0.345 e. The highest BCUT2D eigenvalue weighted by Gasteiger charge is 2.27. The van der Waals surface area contributed by atoms with Crippen LogP contribution < -0.4 is 16.2 Å². The van der Waals surface area contributed by atoms with Crippen molar-refractivity contribution in [2.24, 2.45) is 0 Å². The summed E-state index contributed by atoms with van der Waals surface area (Å²) in [4.78, 5) is 35.2. The number of rotatable bonds is 2. The number of amides is 3. The third kappa shape index (κ3) is 3.43. The number of nitrogens with one attached hydrogen (secondary N) is 3. The molecule has 0 bridgehead atoms. The first kappa shape index (κ1) is 15.7. The number of halogens is 2. The number of benzene rings is 1. The first-order chi connectivity index (χ1) is 11.0. The number of hydrazine groups is 1. The molecule has 23 heavy (non-hydrogen) atoms. The molecule has 0 unspecified atom stereocenters. The molecule has 6 nitrogen and oxygen atoms in total. The van der Waals surface area contributed by atoms with E-state index in [-0.39, 0.29) is 15.9 Å². The summed E-state index contributed by atoms with van der Waals surface area (Å²) in [6.45, 7) is 0. The Morgan fingerprint density at radius 3 is 2.61 bits per heavy atom. The second-order valence-corrected chi connectivity index (χ2v) is 6.47. The van der Waals surface area contributed by atoms with Gasteiger partial charge in [0.25, 0.3) is 5.91 Å². The molecule has 0 aliphatic heterocycles. The van der Waals surface area contributed by atoms with Gasteiger partial charge in [-0.25, -0.2) is 4.39 Å². The van der Waals surface area contributed by atoms with Crippen LogP contribution in [0.2, 0.25) is 5.02 Å². The number of hydrogen-bond acceptors (Lipinski definition) is 4. The quantitative estimate of drug-likeness (QED) is 0.566. The van der Waals surface area contributed by atoms with Gasteiger partial charge in [0, 0.05) is 16.1 Å². The number of hydrogen-bond donors (Lipinski definition) is 3. The van der Waals surface area contributed by atoms with Crippen LogP contribution in [0.4, 0.5) is 4.39 Å². The Bertz CT molecular complexity index is 819. The maximum atomic E-state index is 13.2. The third-order valence-electron chi connectivity index (χ3n) is 3.21. The van der Waals surface area contributed by atoms with E-state index in [9.17, 15) is 18.8 Å². The zero-order valence-electron chi connectivity index (χ0n) is 11.6. The average Bonchev–Trinajstić information content (AvgIpc) is 3.27. The molecule has 0 saturated heterocycles. The first-order valence-corrected chi connectivity index (χ1v) is 7.94. The lowest BCUT2D eigenvalue weighted by molar-refractivity contribution is -0.139. The van der Waals surface area contributed by atoms with Gasteiger partial charge in [0.1, 0.15) is 10.7 Å². The van der Waals surface area contributed by atoms with Gasteiger partial charge in [0.15, 0.2) is 0 Å². The van der Waals surface area contributed by atoms with Crippen molar-refractivity contribution in [1.82, 2.24) is 16.2 Å². The van der Waals surface area contributed by atoms with Crippen molar-refractivity contribution < 1.29 is 18.8 Å². The second-order valence-electron chi connectivity index (χ2n) is 5.04. The maximum Gasteiger partial charge on any atom is 0.327 e. The van der Waals surface area contributed by atoms with Gasteiger partial charge in [-0.15, -0.1) is 11.3 Å². The molecule has 3 N–H and O–H groups in total.